The van der Waals surface area contributed by atoms with E-state index in [1.807, 2.05) is 24.7 Å². The normalized spacial score (nSPS) is 10.8. The fraction of sp³-hybridized carbons (Fsp3) is 0.444. The van der Waals surface area contributed by atoms with Gasteiger partial charge in [0, 0.05) is 26.3 Å². The summed E-state index contributed by atoms with van der Waals surface area (Å²) in [5, 5.41) is 14.8. The van der Waals surface area contributed by atoms with Gasteiger partial charge < -0.3 is 5.32 Å². The van der Waals surface area contributed by atoms with E-state index in [0.717, 1.165) is 23.6 Å². The van der Waals surface area contributed by atoms with Gasteiger partial charge in [0.15, 0.2) is 0 Å². The Morgan fingerprint density at radius 1 is 1.40 bits per heavy atom. The van der Waals surface area contributed by atoms with Crippen molar-refractivity contribution in [3.8, 4) is 0 Å². The minimum atomic E-state index is 0.653. The maximum atomic E-state index is 4.60. The van der Waals surface area contributed by atoms with Crippen molar-refractivity contribution in [2.75, 3.05) is 0 Å². The van der Waals surface area contributed by atoms with Gasteiger partial charge in [-0.2, -0.15) is 5.10 Å². The molecule has 80 valence electrons. The van der Waals surface area contributed by atoms with Crippen LogP contribution in [0.1, 0.15) is 17.1 Å². The molecular formula is C9H13N5O. The van der Waals surface area contributed by atoms with Gasteiger partial charge in [0.25, 0.3) is 0 Å². The molecular weight excluding hydrogens is 194 g/mol. The lowest BCUT2D eigenvalue weighted by molar-refractivity contribution is 0.300. The van der Waals surface area contributed by atoms with E-state index in [4.69, 9.17) is 0 Å². The third kappa shape index (κ3) is 2.21. The smallest absolute Gasteiger partial charge is 0.121 e. The van der Waals surface area contributed by atoms with Gasteiger partial charge in [-0.25, -0.2) is 4.63 Å². The Labute approximate surface area is 87.2 Å². The lowest BCUT2D eigenvalue weighted by Crippen LogP contribution is -2.16. The first-order valence-electron chi connectivity index (χ1n) is 4.73. The molecule has 0 radical (unpaired) electrons. The van der Waals surface area contributed by atoms with E-state index in [1.54, 1.807) is 6.20 Å². The maximum Gasteiger partial charge on any atom is 0.121 e. The highest BCUT2D eigenvalue weighted by atomic mass is 16.6. The average Bonchev–Trinajstić information content (AvgIpc) is 2.78. The first-order valence-corrected chi connectivity index (χ1v) is 4.73. The second kappa shape index (κ2) is 4.22. The topological polar surface area (TPSA) is 68.8 Å². The number of hydrogen-bond acceptors (Lipinski definition) is 5. The van der Waals surface area contributed by atoms with E-state index in [1.165, 1.54) is 0 Å². The summed E-state index contributed by atoms with van der Waals surface area (Å²) in [6, 6.07) is 1.97. The van der Waals surface area contributed by atoms with Crippen molar-refractivity contribution in [1.29, 1.82) is 0 Å². The standard InChI is InChI=1S/C9H13N5O/c1-7-9(13-15-12-7)6-10-5-8-3-4-11-14(8)2/h3-4,10H,5-6H2,1-2H3. The third-order valence-electron chi connectivity index (χ3n) is 2.27. The Morgan fingerprint density at radius 3 is 2.87 bits per heavy atom. The second-order valence-electron chi connectivity index (χ2n) is 3.35. The van der Waals surface area contributed by atoms with Crippen LogP contribution in [0, 0.1) is 6.92 Å². The van der Waals surface area contributed by atoms with E-state index in [2.05, 4.69) is 25.4 Å². The summed E-state index contributed by atoms with van der Waals surface area (Å²) in [6.45, 7) is 3.28. The van der Waals surface area contributed by atoms with Gasteiger partial charge in [-0.05, 0) is 13.0 Å². The van der Waals surface area contributed by atoms with Crippen molar-refractivity contribution in [2.24, 2.45) is 7.05 Å². The Bertz CT molecular complexity index is 393. The van der Waals surface area contributed by atoms with Crippen LogP contribution in [-0.2, 0) is 20.1 Å². The second-order valence-corrected chi connectivity index (χ2v) is 3.35. The Morgan fingerprint density at radius 2 is 2.27 bits per heavy atom. The van der Waals surface area contributed by atoms with Gasteiger partial charge >= 0.3 is 0 Å². The molecule has 0 aliphatic heterocycles. The fourth-order valence-electron chi connectivity index (χ4n) is 1.29. The molecule has 0 unspecified atom stereocenters. The van der Waals surface area contributed by atoms with Crippen molar-refractivity contribution >= 4 is 0 Å². The van der Waals surface area contributed by atoms with Crippen LogP contribution >= 0.6 is 0 Å². The molecule has 0 aliphatic rings. The van der Waals surface area contributed by atoms with E-state index in [-0.39, 0.29) is 0 Å². The predicted molar refractivity (Wildman–Crippen MR) is 52.8 cm³/mol. The van der Waals surface area contributed by atoms with Crippen molar-refractivity contribution in [1.82, 2.24) is 25.4 Å². The minimum absolute atomic E-state index is 0.653. The van der Waals surface area contributed by atoms with Crippen molar-refractivity contribution in [3.63, 3.8) is 0 Å². The molecule has 2 heterocycles. The summed E-state index contributed by atoms with van der Waals surface area (Å²) in [5.41, 5.74) is 2.80. The van der Waals surface area contributed by atoms with Crippen LogP contribution in [0.3, 0.4) is 0 Å². The molecule has 0 bridgehead atoms. The highest BCUT2D eigenvalue weighted by Gasteiger charge is 2.04. The highest BCUT2D eigenvalue weighted by molar-refractivity contribution is 5.05. The van der Waals surface area contributed by atoms with Gasteiger partial charge in [-0.15, -0.1) is 0 Å². The number of nitrogens with zero attached hydrogens (tertiary/aromatic N) is 4. The molecule has 6 heteroatoms. The zero-order valence-electron chi connectivity index (χ0n) is 8.77. The minimum Gasteiger partial charge on any atom is -0.305 e. The summed E-state index contributed by atoms with van der Waals surface area (Å²) >= 11 is 0. The van der Waals surface area contributed by atoms with Crippen LogP contribution in [0.2, 0.25) is 0 Å². The quantitative estimate of drug-likeness (QED) is 0.786. The highest BCUT2D eigenvalue weighted by Crippen LogP contribution is 2.01. The molecule has 0 aliphatic carbocycles. The van der Waals surface area contributed by atoms with Gasteiger partial charge in [-0.1, -0.05) is 10.3 Å². The molecule has 2 aromatic rings. The van der Waals surface area contributed by atoms with Crippen LogP contribution < -0.4 is 5.32 Å². The molecule has 2 rings (SSSR count). The van der Waals surface area contributed by atoms with Gasteiger partial charge in [0.1, 0.15) is 11.4 Å². The predicted octanol–water partition coefficient (Wildman–Crippen LogP) is 0.401. The molecule has 15 heavy (non-hydrogen) atoms. The van der Waals surface area contributed by atoms with Crippen molar-refractivity contribution in [3.05, 3.63) is 29.3 Å². The number of aromatic nitrogens is 4. The molecule has 6 nitrogen and oxygen atoms in total. The molecule has 1 N–H and O–H groups in total. The van der Waals surface area contributed by atoms with Gasteiger partial charge in [0.05, 0.1) is 5.69 Å². The zero-order valence-corrected chi connectivity index (χ0v) is 8.77. The van der Waals surface area contributed by atoms with E-state index >= 15 is 0 Å². The largest absolute Gasteiger partial charge is 0.305 e. The number of hydrogen-bond donors (Lipinski definition) is 1. The summed E-state index contributed by atoms with van der Waals surface area (Å²) in [5.74, 6) is 0. The zero-order chi connectivity index (χ0) is 10.7. The molecule has 0 fully saturated rings. The number of nitrogens with one attached hydrogen (secondary N) is 1. The number of aryl methyl sites for hydroxylation is 2. The maximum absolute atomic E-state index is 4.60. The molecule has 0 saturated carbocycles. The van der Waals surface area contributed by atoms with E-state index in [0.29, 0.717) is 6.54 Å². The van der Waals surface area contributed by atoms with Crippen LogP contribution in [0.4, 0.5) is 0 Å². The number of rotatable bonds is 4. The molecule has 0 aromatic carbocycles. The first-order chi connectivity index (χ1) is 7.27. The van der Waals surface area contributed by atoms with Crippen molar-refractivity contribution < 1.29 is 4.63 Å². The Kier molecular flexibility index (Phi) is 2.77. The molecule has 0 atom stereocenters. The average molecular weight is 207 g/mol. The molecule has 0 saturated heterocycles. The third-order valence-corrected chi connectivity index (χ3v) is 2.27. The summed E-state index contributed by atoms with van der Waals surface area (Å²) < 4.78 is 6.43. The Balaban J connectivity index is 1.86. The Hall–Kier alpha value is -1.69. The summed E-state index contributed by atoms with van der Waals surface area (Å²) in [4.78, 5) is 0. The van der Waals surface area contributed by atoms with Crippen molar-refractivity contribution in [2.45, 2.75) is 20.0 Å². The van der Waals surface area contributed by atoms with Gasteiger partial charge in [-0.3, -0.25) is 4.68 Å². The molecule has 2 aromatic heterocycles. The fourth-order valence-corrected chi connectivity index (χ4v) is 1.29. The monoisotopic (exact) mass is 207 g/mol. The SMILES string of the molecule is Cc1nonc1CNCc1ccnn1C. The van der Waals surface area contributed by atoms with E-state index in [9.17, 15) is 0 Å². The van der Waals surface area contributed by atoms with E-state index < -0.39 is 0 Å². The van der Waals surface area contributed by atoms with Crippen LogP contribution in [0.5, 0.6) is 0 Å². The molecule has 0 spiro atoms. The summed E-state index contributed by atoms with van der Waals surface area (Å²) in [6.07, 6.45) is 1.78. The van der Waals surface area contributed by atoms with Crippen LogP contribution in [0.25, 0.3) is 0 Å². The lowest BCUT2D eigenvalue weighted by atomic mass is 10.3. The molecule has 0 amide bonds. The van der Waals surface area contributed by atoms with Gasteiger partial charge in [0.2, 0.25) is 0 Å². The van der Waals surface area contributed by atoms with Crippen LogP contribution in [-0.4, -0.2) is 20.1 Å². The lowest BCUT2D eigenvalue weighted by Gasteiger charge is -2.02. The first kappa shape index (κ1) is 9.85. The van der Waals surface area contributed by atoms with Crippen LogP contribution in [0.15, 0.2) is 16.9 Å². The summed E-state index contributed by atoms with van der Waals surface area (Å²) in [7, 11) is 1.92.